The van der Waals surface area contributed by atoms with Crippen molar-refractivity contribution < 1.29 is 32.3 Å². The zero-order chi connectivity index (χ0) is 34.9. The number of amides is 3. The summed E-state index contributed by atoms with van der Waals surface area (Å²) in [7, 11) is -3.85. The molecule has 1 fully saturated rings. The van der Waals surface area contributed by atoms with Gasteiger partial charge in [0.15, 0.2) is 9.84 Å². The molecule has 0 spiro atoms. The van der Waals surface area contributed by atoms with Crippen LogP contribution in [-0.2, 0) is 48.3 Å². The van der Waals surface area contributed by atoms with Crippen molar-refractivity contribution in [2.24, 2.45) is 5.92 Å². The van der Waals surface area contributed by atoms with Gasteiger partial charge < -0.3 is 25.4 Å². The van der Waals surface area contributed by atoms with E-state index in [4.69, 9.17) is 9.47 Å². The SMILES string of the molecule is CC(C)[C@H](Cc1ccccc1)NC(=O)C[C@@H]1O[C@@H]1[C@H](Cc1ccccc1)NC(=O)[C@@H](NC(=O)OCc1cccnc1)C(C)(C)S(C)(=O)=O. The van der Waals surface area contributed by atoms with Crippen LogP contribution in [0.2, 0.25) is 0 Å². The fourth-order valence-corrected chi connectivity index (χ4v) is 5.98. The van der Waals surface area contributed by atoms with Crippen molar-refractivity contribution in [3.05, 3.63) is 102 Å². The minimum Gasteiger partial charge on any atom is -0.445 e. The normalized spacial score (nSPS) is 17.9. The van der Waals surface area contributed by atoms with Crippen LogP contribution in [0.1, 0.15) is 50.8 Å². The fraction of sp³-hybridized carbons (Fsp3) is 0.444. The number of hydrogen-bond donors (Lipinski definition) is 3. The molecule has 4 rings (SSSR count). The number of carbonyl (C=O) groups is 3. The number of aromatic nitrogens is 1. The molecule has 2 aromatic carbocycles. The summed E-state index contributed by atoms with van der Waals surface area (Å²) in [5.41, 5.74) is 2.66. The lowest BCUT2D eigenvalue weighted by Gasteiger charge is -2.33. The first-order chi connectivity index (χ1) is 22.7. The van der Waals surface area contributed by atoms with Crippen LogP contribution in [-0.4, -0.2) is 72.6 Å². The highest BCUT2D eigenvalue weighted by molar-refractivity contribution is 7.92. The maximum absolute atomic E-state index is 13.9. The summed E-state index contributed by atoms with van der Waals surface area (Å²) >= 11 is 0. The molecule has 0 saturated carbocycles. The van der Waals surface area contributed by atoms with Gasteiger partial charge in [-0.15, -0.1) is 0 Å². The third kappa shape index (κ3) is 10.4. The molecule has 1 aliphatic rings. The number of nitrogens with one attached hydrogen (secondary N) is 3. The van der Waals surface area contributed by atoms with Crippen molar-refractivity contribution >= 4 is 27.7 Å². The molecule has 0 unspecified atom stereocenters. The summed E-state index contributed by atoms with van der Waals surface area (Å²) in [6, 6.07) is 20.6. The Morgan fingerprint density at radius 1 is 0.875 bits per heavy atom. The monoisotopic (exact) mass is 678 g/mol. The van der Waals surface area contributed by atoms with Crippen molar-refractivity contribution in [1.29, 1.82) is 0 Å². The quantitative estimate of drug-likeness (QED) is 0.194. The first-order valence-electron chi connectivity index (χ1n) is 16.1. The van der Waals surface area contributed by atoms with Crippen LogP contribution in [0, 0.1) is 5.92 Å². The molecule has 3 amide bonds. The molecule has 3 aromatic rings. The lowest BCUT2D eigenvalue weighted by molar-refractivity contribution is -0.124. The molecular formula is C36H46N4O7S. The smallest absolute Gasteiger partial charge is 0.408 e. The molecule has 1 saturated heterocycles. The summed E-state index contributed by atoms with van der Waals surface area (Å²) in [6.07, 6.45) is 3.36. The maximum Gasteiger partial charge on any atom is 0.408 e. The van der Waals surface area contributed by atoms with Crippen molar-refractivity contribution in [1.82, 2.24) is 20.9 Å². The van der Waals surface area contributed by atoms with E-state index < -0.39 is 50.9 Å². The van der Waals surface area contributed by atoms with E-state index in [9.17, 15) is 22.8 Å². The van der Waals surface area contributed by atoms with Crippen molar-refractivity contribution in [2.75, 3.05) is 6.26 Å². The topological polar surface area (TPSA) is 156 Å². The molecule has 258 valence electrons. The number of ether oxygens (including phenoxy) is 2. The highest BCUT2D eigenvalue weighted by atomic mass is 32.2. The first-order valence-corrected chi connectivity index (χ1v) is 18.0. The summed E-state index contributed by atoms with van der Waals surface area (Å²) in [4.78, 5) is 43.9. The Hall–Kier alpha value is -4.29. The standard InChI is InChI=1S/C36H46N4O7S/c1-24(2)28(19-25-13-8-6-9-14-25)38-31(41)21-30-32(47-30)29(20-26-15-10-7-11-16-26)39-34(42)33(36(3,4)48(5,44)45)40-35(43)46-23-27-17-12-18-37-22-27/h6-18,22,24,28-30,32-33H,19-21,23H2,1-5H3,(H,38,41)(H,39,42)(H,40,43)/t28-,29-,30-,32+,33+/m0/s1. The number of alkyl carbamates (subject to hydrolysis) is 1. The van der Waals surface area contributed by atoms with Gasteiger partial charge in [-0.05, 0) is 49.8 Å². The minimum atomic E-state index is -3.85. The van der Waals surface area contributed by atoms with Crippen molar-refractivity contribution in [3.63, 3.8) is 0 Å². The molecule has 48 heavy (non-hydrogen) atoms. The Morgan fingerprint density at radius 3 is 2.04 bits per heavy atom. The Kier molecular flexibility index (Phi) is 12.3. The van der Waals surface area contributed by atoms with Gasteiger partial charge in [-0.25, -0.2) is 13.2 Å². The van der Waals surface area contributed by atoms with Crippen LogP contribution in [0.15, 0.2) is 85.2 Å². The maximum atomic E-state index is 13.9. The van der Waals surface area contributed by atoms with E-state index >= 15 is 0 Å². The number of nitrogens with zero attached hydrogens (tertiary/aromatic N) is 1. The molecular weight excluding hydrogens is 632 g/mol. The highest BCUT2D eigenvalue weighted by Crippen LogP contribution is 2.31. The van der Waals surface area contributed by atoms with E-state index in [0.717, 1.165) is 17.4 Å². The van der Waals surface area contributed by atoms with Gasteiger partial charge in [-0.2, -0.15) is 0 Å². The molecule has 0 radical (unpaired) electrons. The predicted octanol–water partition coefficient (Wildman–Crippen LogP) is 3.77. The number of epoxide rings is 1. The Balaban J connectivity index is 1.46. The van der Waals surface area contributed by atoms with Gasteiger partial charge in [-0.3, -0.25) is 14.6 Å². The third-order valence-electron chi connectivity index (χ3n) is 8.75. The Morgan fingerprint density at radius 2 is 1.48 bits per heavy atom. The largest absolute Gasteiger partial charge is 0.445 e. The average molecular weight is 679 g/mol. The predicted molar refractivity (Wildman–Crippen MR) is 183 cm³/mol. The molecule has 0 bridgehead atoms. The number of sulfone groups is 1. The summed E-state index contributed by atoms with van der Waals surface area (Å²) < 4.78 is 35.3. The second kappa shape index (κ2) is 16.2. The molecule has 12 heteroatoms. The molecule has 1 aromatic heterocycles. The fourth-order valence-electron chi connectivity index (χ4n) is 5.39. The number of benzene rings is 2. The van der Waals surface area contributed by atoms with Crippen LogP contribution in [0.4, 0.5) is 4.79 Å². The number of hydrogen-bond acceptors (Lipinski definition) is 8. The van der Waals surface area contributed by atoms with Crippen LogP contribution < -0.4 is 16.0 Å². The lowest BCUT2D eigenvalue weighted by Crippen LogP contribution is -2.62. The molecule has 1 aliphatic heterocycles. The van der Waals surface area contributed by atoms with Gasteiger partial charge in [0.25, 0.3) is 0 Å². The zero-order valence-corrected chi connectivity index (χ0v) is 28.9. The van der Waals surface area contributed by atoms with Gasteiger partial charge >= 0.3 is 6.09 Å². The number of carbonyl (C=O) groups excluding carboxylic acids is 3. The molecule has 2 heterocycles. The Labute approximate surface area is 283 Å². The third-order valence-corrected chi connectivity index (χ3v) is 10.9. The van der Waals surface area contributed by atoms with Gasteiger partial charge in [0.05, 0.1) is 23.3 Å². The molecule has 11 nitrogen and oxygen atoms in total. The number of pyridine rings is 1. The van der Waals surface area contributed by atoms with Gasteiger partial charge in [0.1, 0.15) is 18.8 Å². The highest BCUT2D eigenvalue weighted by Gasteiger charge is 2.49. The van der Waals surface area contributed by atoms with Gasteiger partial charge in [-0.1, -0.05) is 80.6 Å². The zero-order valence-electron chi connectivity index (χ0n) is 28.1. The second-order valence-corrected chi connectivity index (χ2v) is 15.7. The van der Waals surface area contributed by atoms with Crippen LogP contribution in [0.25, 0.3) is 0 Å². The average Bonchev–Trinajstić information content (AvgIpc) is 3.81. The van der Waals surface area contributed by atoms with E-state index in [1.807, 2.05) is 60.7 Å². The van der Waals surface area contributed by atoms with E-state index in [2.05, 4.69) is 34.8 Å². The first kappa shape index (κ1) is 36.5. The van der Waals surface area contributed by atoms with Crippen molar-refractivity contribution in [2.45, 2.75) is 88.6 Å². The van der Waals surface area contributed by atoms with E-state index in [-0.39, 0.29) is 30.9 Å². The van der Waals surface area contributed by atoms with Crippen LogP contribution >= 0.6 is 0 Å². The summed E-state index contributed by atoms with van der Waals surface area (Å²) in [6.45, 7) is 6.76. The van der Waals surface area contributed by atoms with Crippen molar-refractivity contribution in [3.8, 4) is 0 Å². The van der Waals surface area contributed by atoms with Crippen LogP contribution in [0.3, 0.4) is 0 Å². The van der Waals surface area contributed by atoms with Crippen LogP contribution in [0.5, 0.6) is 0 Å². The van der Waals surface area contributed by atoms with E-state index in [1.165, 1.54) is 20.0 Å². The lowest BCUT2D eigenvalue weighted by atomic mass is 9.95. The van der Waals surface area contributed by atoms with Gasteiger partial charge in [0, 0.05) is 30.3 Å². The minimum absolute atomic E-state index is 0.0696. The number of rotatable bonds is 16. The Bertz CT molecular complexity index is 1620. The molecule has 5 atom stereocenters. The second-order valence-electron chi connectivity index (χ2n) is 13.1. The summed E-state index contributed by atoms with van der Waals surface area (Å²) in [5, 5.41) is 8.57. The van der Waals surface area contributed by atoms with E-state index in [1.54, 1.807) is 18.3 Å². The summed E-state index contributed by atoms with van der Waals surface area (Å²) in [5.74, 6) is -0.670. The van der Waals surface area contributed by atoms with Gasteiger partial charge in [0.2, 0.25) is 11.8 Å². The van der Waals surface area contributed by atoms with E-state index in [0.29, 0.717) is 18.4 Å². The molecule has 0 aliphatic carbocycles. The molecule has 3 N–H and O–H groups in total.